The van der Waals surface area contributed by atoms with E-state index in [-0.39, 0.29) is 18.9 Å². The number of allylic oxidation sites excluding steroid dienone is 1. The van der Waals surface area contributed by atoms with Gasteiger partial charge in [-0.2, -0.15) is 0 Å². The van der Waals surface area contributed by atoms with Crippen molar-refractivity contribution in [3.8, 4) is 0 Å². The van der Waals surface area contributed by atoms with E-state index >= 15 is 0 Å². The number of carbonyl (C=O) groups is 1. The number of aliphatic hydroxyl groups excluding tert-OH is 8. The molecule has 14 nitrogen and oxygen atoms in total. The van der Waals surface area contributed by atoms with Gasteiger partial charge in [0, 0.05) is 6.42 Å². The van der Waals surface area contributed by atoms with E-state index in [1.807, 2.05) is 6.08 Å². The summed E-state index contributed by atoms with van der Waals surface area (Å²) < 4.78 is 22.9. The van der Waals surface area contributed by atoms with E-state index in [4.69, 9.17) is 18.9 Å². The van der Waals surface area contributed by atoms with Crippen molar-refractivity contribution in [2.75, 3.05) is 19.8 Å². The third-order valence-electron chi connectivity index (χ3n) is 19.7. The van der Waals surface area contributed by atoms with Crippen molar-refractivity contribution < 1.29 is 64.6 Å². The monoisotopic (exact) mass is 1300 g/mol. The molecule has 1 amide bonds. The third kappa shape index (κ3) is 45.8. The molecule has 0 aromatic heterocycles. The Kier molecular flexibility index (Phi) is 58.7. The first-order chi connectivity index (χ1) is 44.6. The van der Waals surface area contributed by atoms with Crippen LogP contribution in [-0.2, 0) is 23.7 Å². The van der Waals surface area contributed by atoms with E-state index < -0.39 is 86.8 Å². The highest BCUT2D eigenvalue weighted by atomic mass is 16.7. The largest absolute Gasteiger partial charge is 0.394 e. The standard InChI is InChI=1S/C77H149NO13/c1-3-5-7-9-11-13-15-17-19-21-23-25-26-27-28-29-30-31-32-33-34-35-36-37-38-39-41-43-45-47-49-51-53-55-57-59-61-69(82)78-65(66(81)60-58-56-54-52-50-48-46-44-42-40-24-22-20-18-16-14-12-10-8-6-4-2)64-88-76-74(87)72(85)75(68(63-80)90-76)91-77-73(86)71(84)70(83)67(62-79)89-77/h58,60,65-68,70-77,79-81,83-87H,3-57,59,61-64H2,1-2H3,(H,78,82)/b60-58+. The average Bonchev–Trinajstić information content (AvgIpc) is 1.04. The van der Waals surface area contributed by atoms with Crippen LogP contribution in [0.15, 0.2) is 12.2 Å². The van der Waals surface area contributed by atoms with Gasteiger partial charge in [0.05, 0.1) is 32.0 Å². The number of hydrogen-bond donors (Lipinski definition) is 9. The molecule has 2 aliphatic rings. The maximum absolute atomic E-state index is 13.4. The van der Waals surface area contributed by atoms with Crippen LogP contribution in [0.5, 0.6) is 0 Å². The summed E-state index contributed by atoms with van der Waals surface area (Å²) in [5.74, 6) is -0.229. The molecular formula is C77H149NO13. The van der Waals surface area contributed by atoms with Gasteiger partial charge in [-0.1, -0.05) is 366 Å². The average molecular weight is 1300 g/mol. The molecule has 540 valence electrons. The van der Waals surface area contributed by atoms with Crippen LogP contribution < -0.4 is 5.32 Å². The van der Waals surface area contributed by atoms with Crippen molar-refractivity contribution in [3.63, 3.8) is 0 Å². The number of rotatable bonds is 67. The van der Waals surface area contributed by atoms with Crippen molar-refractivity contribution >= 4 is 5.91 Å². The van der Waals surface area contributed by atoms with Gasteiger partial charge in [0.25, 0.3) is 0 Å². The Hall–Kier alpha value is -1.27. The number of amides is 1. The molecule has 12 atom stereocenters. The SMILES string of the molecule is CCCCCCCCCCCCCCCCCCCCC/C=C/C(O)C(COC1OC(CO)C(OC2OC(CO)C(O)C(O)C2O)C(O)C1O)NC(=O)CCCCCCCCCCCCCCCCCCCCCCCCCCCCCCCCCCCCCC. The summed E-state index contributed by atoms with van der Waals surface area (Å²) in [4.78, 5) is 13.4. The maximum atomic E-state index is 13.4. The molecule has 2 aliphatic heterocycles. The molecule has 0 aromatic carbocycles. The minimum atomic E-state index is -1.79. The lowest BCUT2D eigenvalue weighted by Crippen LogP contribution is -2.65. The van der Waals surface area contributed by atoms with Crippen LogP contribution in [0.4, 0.5) is 0 Å². The molecule has 12 unspecified atom stereocenters. The highest BCUT2D eigenvalue weighted by Crippen LogP contribution is 2.30. The molecule has 91 heavy (non-hydrogen) atoms. The second kappa shape index (κ2) is 62.3. The lowest BCUT2D eigenvalue weighted by molar-refractivity contribution is -0.359. The molecule has 0 bridgehead atoms. The van der Waals surface area contributed by atoms with Crippen LogP contribution in [0.25, 0.3) is 0 Å². The molecular weight excluding hydrogens is 1150 g/mol. The topological polar surface area (TPSA) is 228 Å². The van der Waals surface area contributed by atoms with Gasteiger partial charge in [0.1, 0.15) is 48.8 Å². The number of ether oxygens (including phenoxy) is 4. The van der Waals surface area contributed by atoms with Crippen LogP contribution in [0.2, 0.25) is 0 Å². The highest BCUT2D eigenvalue weighted by molar-refractivity contribution is 5.76. The van der Waals surface area contributed by atoms with Gasteiger partial charge in [0.2, 0.25) is 5.91 Å². The third-order valence-corrected chi connectivity index (χ3v) is 19.7. The van der Waals surface area contributed by atoms with Gasteiger partial charge in [-0.05, 0) is 19.3 Å². The van der Waals surface area contributed by atoms with E-state index in [1.54, 1.807) is 6.08 Å². The lowest BCUT2D eigenvalue weighted by Gasteiger charge is -2.46. The Balaban J connectivity index is 1.58. The highest BCUT2D eigenvalue weighted by Gasteiger charge is 2.51. The second-order valence-electron chi connectivity index (χ2n) is 28.2. The normalized spacial score (nSPS) is 22.7. The van der Waals surface area contributed by atoms with Crippen LogP contribution >= 0.6 is 0 Å². The maximum Gasteiger partial charge on any atom is 0.220 e. The Morgan fingerprint density at radius 1 is 0.385 bits per heavy atom. The van der Waals surface area contributed by atoms with Crippen LogP contribution in [0.3, 0.4) is 0 Å². The van der Waals surface area contributed by atoms with Gasteiger partial charge in [-0.3, -0.25) is 4.79 Å². The number of hydrogen-bond acceptors (Lipinski definition) is 13. The molecule has 0 saturated carbocycles. The van der Waals surface area contributed by atoms with E-state index in [9.17, 15) is 45.6 Å². The summed E-state index contributed by atoms with van der Waals surface area (Å²) in [7, 11) is 0. The van der Waals surface area contributed by atoms with Crippen molar-refractivity contribution in [3.05, 3.63) is 12.2 Å². The van der Waals surface area contributed by atoms with Crippen LogP contribution in [0, 0.1) is 0 Å². The predicted octanol–water partition coefficient (Wildman–Crippen LogP) is 17.3. The zero-order valence-electron chi connectivity index (χ0n) is 59.1. The van der Waals surface area contributed by atoms with Crippen molar-refractivity contribution in [1.29, 1.82) is 0 Å². The molecule has 2 fully saturated rings. The van der Waals surface area contributed by atoms with E-state index in [0.717, 1.165) is 44.9 Å². The van der Waals surface area contributed by atoms with Gasteiger partial charge in [-0.25, -0.2) is 0 Å². The minimum absolute atomic E-state index is 0.229. The van der Waals surface area contributed by atoms with Gasteiger partial charge < -0.3 is 65.1 Å². The first-order valence-corrected chi connectivity index (χ1v) is 39.4. The zero-order chi connectivity index (χ0) is 65.9. The van der Waals surface area contributed by atoms with E-state index in [0.29, 0.717) is 0 Å². The minimum Gasteiger partial charge on any atom is -0.394 e. The van der Waals surface area contributed by atoms with Crippen molar-refractivity contribution in [1.82, 2.24) is 5.32 Å². The molecule has 14 heteroatoms. The molecule has 0 radical (unpaired) electrons. The lowest BCUT2D eigenvalue weighted by atomic mass is 9.97. The molecule has 2 saturated heterocycles. The van der Waals surface area contributed by atoms with Crippen LogP contribution in [0.1, 0.15) is 380 Å². The summed E-state index contributed by atoms with van der Waals surface area (Å²) >= 11 is 0. The quantitative estimate of drug-likeness (QED) is 0.0204. The molecule has 0 aromatic rings. The summed E-state index contributed by atoms with van der Waals surface area (Å²) in [6.45, 7) is 2.87. The summed E-state index contributed by atoms with van der Waals surface area (Å²) in [6.07, 6.45) is 61.6. The summed E-state index contributed by atoms with van der Waals surface area (Å²) in [5.41, 5.74) is 0. The summed E-state index contributed by atoms with van der Waals surface area (Å²) in [6, 6.07) is -0.912. The zero-order valence-corrected chi connectivity index (χ0v) is 59.1. The van der Waals surface area contributed by atoms with Gasteiger partial charge >= 0.3 is 0 Å². The number of unbranched alkanes of at least 4 members (excludes halogenated alkanes) is 54. The fourth-order valence-corrected chi connectivity index (χ4v) is 13.5. The second-order valence-corrected chi connectivity index (χ2v) is 28.2. The number of nitrogens with one attached hydrogen (secondary N) is 1. The van der Waals surface area contributed by atoms with E-state index in [2.05, 4.69) is 19.2 Å². The molecule has 2 heterocycles. The number of aliphatic hydroxyl groups is 8. The predicted molar refractivity (Wildman–Crippen MR) is 374 cm³/mol. The Bertz CT molecular complexity index is 1570. The molecule has 2 rings (SSSR count). The Labute approximate surface area is 558 Å². The fraction of sp³-hybridized carbons (Fsp3) is 0.961. The molecule has 9 N–H and O–H groups in total. The van der Waals surface area contributed by atoms with Gasteiger partial charge in [0.15, 0.2) is 12.6 Å². The Morgan fingerprint density at radius 3 is 1.01 bits per heavy atom. The first kappa shape index (κ1) is 85.8. The van der Waals surface area contributed by atoms with E-state index in [1.165, 1.54) is 315 Å². The fourth-order valence-electron chi connectivity index (χ4n) is 13.5. The molecule has 0 aliphatic carbocycles. The number of carbonyl (C=O) groups excluding carboxylic acids is 1. The molecule has 0 spiro atoms. The van der Waals surface area contributed by atoms with Crippen molar-refractivity contribution in [2.24, 2.45) is 0 Å². The summed E-state index contributed by atoms with van der Waals surface area (Å²) in [5, 5.41) is 87.6. The first-order valence-electron chi connectivity index (χ1n) is 39.4. The van der Waals surface area contributed by atoms with Gasteiger partial charge in [-0.15, -0.1) is 0 Å². The Morgan fingerprint density at radius 2 is 0.681 bits per heavy atom. The van der Waals surface area contributed by atoms with Crippen LogP contribution in [-0.4, -0.2) is 140 Å². The van der Waals surface area contributed by atoms with Crippen molar-refractivity contribution in [2.45, 2.75) is 453 Å². The smallest absolute Gasteiger partial charge is 0.220 e.